The summed E-state index contributed by atoms with van der Waals surface area (Å²) in [6.07, 6.45) is 2.40. The van der Waals surface area contributed by atoms with Gasteiger partial charge in [0.25, 0.3) is 0 Å². The van der Waals surface area contributed by atoms with Crippen LogP contribution in [-0.2, 0) is 4.79 Å². The van der Waals surface area contributed by atoms with Gasteiger partial charge in [-0.1, -0.05) is 91.9 Å². The Labute approximate surface area is 176 Å². The molecule has 0 fully saturated rings. The Kier molecular flexibility index (Phi) is 5.75. The summed E-state index contributed by atoms with van der Waals surface area (Å²) >= 11 is 0. The fourth-order valence-corrected chi connectivity index (χ4v) is 3.90. The van der Waals surface area contributed by atoms with Gasteiger partial charge >= 0.3 is 0 Å². The van der Waals surface area contributed by atoms with Gasteiger partial charge in [0, 0.05) is 17.3 Å². The Morgan fingerprint density at radius 1 is 0.867 bits per heavy atom. The van der Waals surface area contributed by atoms with E-state index in [2.05, 4.69) is 10.2 Å². The van der Waals surface area contributed by atoms with E-state index >= 15 is 0 Å². The second kappa shape index (κ2) is 8.78. The quantitative estimate of drug-likeness (QED) is 0.332. The minimum Gasteiger partial charge on any atom is -0.297 e. The first kappa shape index (κ1) is 19.6. The van der Waals surface area contributed by atoms with Crippen LogP contribution in [0.4, 0.5) is 0 Å². The van der Waals surface area contributed by atoms with E-state index in [-0.39, 0.29) is 11.6 Å². The summed E-state index contributed by atoms with van der Waals surface area (Å²) in [7, 11) is 0. The van der Waals surface area contributed by atoms with Crippen molar-refractivity contribution in [3.05, 3.63) is 107 Å². The van der Waals surface area contributed by atoms with Gasteiger partial charge in [0.2, 0.25) is 0 Å². The molecule has 4 nitrogen and oxygen atoms in total. The van der Waals surface area contributed by atoms with E-state index in [1.165, 1.54) is 0 Å². The van der Waals surface area contributed by atoms with E-state index in [4.69, 9.17) is 0 Å². The molecule has 148 valence electrons. The van der Waals surface area contributed by atoms with Gasteiger partial charge in [-0.25, -0.2) is 0 Å². The minimum atomic E-state index is -0.971. The average Bonchev–Trinajstić information content (AvgIpc) is 3.07. The van der Waals surface area contributed by atoms with Crippen molar-refractivity contribution < 1.29 is 9.59 Å². The number of benzene rings is 3. The molecule has 0 heterocycles. The van der Waals surface area contributed by atoms with Crippen LogP contribution in [0.5, 0.6) is 0 Å². The van der Waals surface area contributed by atoms with Gasteiger partial charge in [0.1, 0.15) is 5.92 Å². The summed E-state index contributed by atoms with van der Waals surface area (Å²) < 4.78 is 0. The highest BCUT2D eigenvalue weighted by atomic mass is 16.2. The number of Topliss-reactive ketones (excluding diaryl/α,β-unsaturated/α-hetero) is 2. The average molecular weight is 394 g/mol. The first-order valence-corrected chi connectivity index (χ1v) is 10.1. The maximum Gasteiger partial charge on any atom is 0.180 e. The summed E-state index contributed by atoms with van der Waals surface area (Å²) in [6.45, 7) is 1.96. The lowest BCUT2D eigenvalue weighted by atomic mass is 9.80. The summed E-state index contributed by atoms with van der Waals surface area (Å²) in [5, 5.41) is 8.42. The molecule has 0 spiro atoms. The monoisotopic (exact) mass is 394 g/mol. The molecule has 1 aliphatic rings. The van der Waals surface area contributed by atoms with Crippen LogP contribution in [0, 0.1) is 5.92 Å². The normalized spacial score (nSPS) is 17.1. The van der Waals surface area contributed by atoms with Crippen LogP contribution in [0.25, 0.3) is 0 Å². The van der Waals surface area contributed by atoms with Crippen LogP contribution in [0.15, 0.2) is 95.1 Å². The van der Waals surface area contributed by atoms with E-state index in [1.807, 2.05) is 85.8 Å². The number of hydrogen-bond acceptors (Lipinski definition) is 4. The van der Waals surface area contributed by atoms with Crippen LogP contribution < -0.4 is 0 Å². The zero-order valence-electron chi connectivity index (χ0n) is 16.7. The largest absolute Gasteiger partial charge is 0.297 e. The van der Waals surface area contributed by atoms with Crippen molar-refractivity contribution in [1.82, 2.24) is 0 Å². The van der Waals surface area contributed by atoms with Gasteiger partial charge in [0.15, 0.2) is 11.6 Å². The lowest BCUT2D eigenvalue weighted by molar-refractivity contribution is -0.120. The lowest BCUT2D eigenvalue weighted by Gasteiger charge is -2.20. The topological polar surface area (TPSA) is 58.9 Å². The highest BCUT2D eigenvalue weighted by Gasteiger charge is 2.44. The molecule has 0 saturated heterocycles. The number of fused-ring (bicyclic) bond motifs is 1. The molecule has 0 aliphatic heterocycles. The first-order chi connectivity index (χ1) is 14.7. The standard InChI is InChI=1S/C26H22N2O2/c1-2-17-27-28-24-20-15-9-10-16-21(20)25(29)23(24)26(30)22(18-11-5-3-6-12-18)19-13-7-4-8-14-19/h3-17,22-23H,2H2,1H3/b27-17+,28-24+. The van der Waals surface area contributed by atoms with Gasteiger partial charge in [-0.2, -0.15) is 10.2 Å². The number of carbonyl (C=O) groups is 2. The van der Waals surface area contributed by atoms with Crippen molar-refractivity contribution in [2.24, 2.45) is 16.1 Å². The molecule has 3 aromatic rings. The number of nitrogens with zero attached hydrogens (tertiary/aromatic N) is 2. The van der Waals surface area contributed by atoms with E-state index in [1.54, 1.807) is 12.3 Å². The van der Waals surface area contributed by atoms with Gasteiger partial charge < -0.3 is 0 Å². The van der Waals surface area contributed by atoms with Crippen molar-refractivity contribution >= 4 is 23.5 Å². The van der Waals surface area contributed by atoms with E-state index < -0.39 is 11.8 Å². The number of carbonyl (C=O) groups excluding carboxylic acids is 2. The SMILES string of the molecule is CC/C=N/N=C1\c2ccccc2C(=O)C1C(=O)C(c1ccccc1)c1ccccc1. The summed E-state index contributed by atoms with van der Waals surface area (Å²) in [6, 6.07) is 26.4. The summed E-state index contributed by atoms with van der Waals surface area (Å²) in [5.41, 5.74) is 3.36. The summed E-state index contributed by atoms with van der Waals surface area (Å²) in [5.74, 6) is -1.92. The predicted molar refractivity (Wildman–Crippen MR) is 119 cm³/mol. The molecule has 0 amide bonds. The van der Waals surface area contributed by atoms with Crippen molar-refractivity contribution in [3.8, 4) is 0 Å². The van der Waals surface area contributed by atoms with Crippen LogP contribution in [-0.4, -0.2) is 23.5 Å². The maximum atomic E-state index is 13.9. The Hall–Kier alpha value is -3.66. The van der Waals surface area contributed by atoms with E-state index in [0.717, 1.165) is 17.5 Å². The third-order valence-corrected chi connectivity index (χ3v) is 5.27. The molecular formula is C26H22N2O2. The maximum absolute atomic E-state index is 13.9. The molecule has 0 radical (unpaired) electrons. The van der Waals surface area contributed by atoms with Gasteiger partial charge in [-0.15, -0.1) is 0 Å². The second-order valence-electron chi connectivity index (χ2n) is 7.19. The molecule has 0 bridgehead atoms. The highest BCUT2D eigenvalue weighted by Crippen LogP contribution is 2.35. The molecule has 4 heteroatoms. The van der Waals surface area contributed by atoms with Crippen LogP contribution >= 0.6 is 0 Å². The van der Waals surface area contributed by atoms with Crippen LogP contribution in [0.3, 0.4) is 0 Å². The molecule has 0 aromatic heterocycles. The van der Waals surface area contributed by atoms with E-state index in [9.17, 15) is 9.59 Å². The zero-order chi connectivity index (χ0) is 20.9. The van der Waals surface area contributed by atoms with E-state index in [0.29, 0.717) is 16.8 Å². The Morgan fingerprint density at radius 2 is 1.40 bits per heavy atom. The Morgan fingerprint density at radius 3 is 1.97 bits per heavy atom. The lowest BCUT2D eigenvalue weighted by Crippen LogP contribution is -2.31. The second-order valence-corrected chi connectivity index (χ2v) is 7.19. The minimum absolute atomic E-state index is 0.181. The highest BCUT2D eigenvalue weighted by molar-refractivity contribution is 6.38. The van der Waals surface area contributed by atoms with Crippen molar-refractivity contribution in [1.29, 1.82) is 0 Å². The number of ketones is 2. The third kappa shape index (κ3) is 3.64. The first-order valence-electron chi connectivity index (χ1n) is 10.1. The fourth-order valence-electron chi connectivity index (χ4n) is 3.90. The molecule has 1 unspecified atom stereocenters. The molecule has 0 saturated carbocycles. The smallest absolute Gasteiger partial charge is 0.180 e. The molecule has 4 rings (SSSR count). The fraction of sp³-hybridized carbons (Fsp3) is 0.154. The molecule has 0 N–H and O–H groups in total. The Balaban J connectivity index is 1.83. The molecule has 3 aromatic carbocycles. The molecular weight excluding hydrogens is 372 g/mol. The molecule has 1 aliphatic carbocycles. The number of rotatable bonds is 6. The van der Waals surface area contributed by atoms with Gasteiger partial charge in [-0.3, -0.25) is 9.59 Å². The number of hydrogen-bond donors (Lipinski definition) is 0. The Bertz CT molecular complexity index is 1080. The van der Waals surface area contributed by atoms with Crippen molar-refractivity contribution in [3.63, 3.8) is 0 Å². The van der Waals surface area contributed by atoms with Gasteiger partial charge in [0.05, 0.1) is 11.6 Å². The zero-order valence-corrected chi connectivity index (χ0v) is 16.7. The van der Waals surface area contributed by atoms with Crippen LogP contribution in [0.2, 0.25) is 0 Å². The summed E-state index contributed by atoms with van der Waals surface area (Å²) in [4.78, 5) is 27.2. The predicted octanol–water partition coefficient (Wildman–Crippen LogP) is 5.09. The van der Waals surface area contributed by atoms with Gasteiger partial charge in [-0.05, 0) is 17.5 Å². The van der Waals surface area contributed by atoms with Crippen LogP contribution in [0.1, 0.15) is 46.3 Å². The molecule has 1 atom stereocenters. The van der Waals surface area contributed by atoms with Crippen molar-refractivity contribution in [2.45, 2.75) is 19.3 Å². The third-order valence-electron chi connectivity index (χ3n) is 5.27. The molecule has 30 heavy (non-hydrogen) atoms. The van der Waals surface area contributed by atoms with Crippen molar-refractivity contribution in [2.75, 3.05) is 0 Å².